The largest absolute Gasteiger partial charge is 0.381 e. The van der Waals surface area contributed by atoms with Crippen LogP contribution in [0.4, 0.5) is 0 Å². The molecule has 0 aromatic rings. The number of rotatable bonds is 9. The van der Waals surface area contributed by atoms with Crippen LogP contribution in [-0.2, 0) is 9.47 Å². The molecule has 1 fully saturated rings. The lowest BCUT2D eigenvalue weighted by Gasteiger charge is -2.40. The molecule has 1 rings (SSSR count). The Bertz CT molecular complexity index is 228. The Balaban J connectivity index is 2.37. The molecule has 0 bridgehead atoms. The van der Waals surface area contributed by atoms with E-state index >= 15 is 0 Å². The van der Waals surface area contributed by atoms with Gasteiger partial charge in [-0.3, -0.25) is 0 Å². The van der Waals surface area contributed by atoms with E-state index in [1.807, 2.05) is 0 Å². The third-order valence-corrected chi connectivity index (χ3v) is 3.83. The molecule has 0 saturated carbocycles. The van der Waals surface area contributed by atoms with E-state index in [1.165, 1.54) is 0 Å². The fourth-order valence-electron chi connectivity index (χ4n) is 2.68. The van der Waals surface area contributed by atoms with Crippen molar-refractivity contribution in [3.8, 4) is 0 Å². The number of nitrogens with one attached hydrogen (secondary N) is 1. The van der Waals surface area contributed by atoms with E-state index in [2.05, 4.69) is 38.0 Å². The first-order valence-corrected chi connectivity index (χ1v) is 7.66. The van der Waals surface area contributed by atoms with Gasteiger partial charge in [0.25, 0.3) is 0 Å². The molecule has 0 aromatic heterocycles. The molecule has 0 spiro atoms. The maximum absolute atomic E-state index is 5.63. The Labute approximate surface area is 118 Å². The summed E-state index contributed by atoms with van der Waals surface area (Å²) in [4.78, 5) is 2.41. The van der Waals surface area contributed by atoms with Crippen molar-refractivity contribution in [3.63, 3.8) is 0 Å². The highest BCUT2D eigenvalue weighted by molar-refractivity contribution is 4.86. The molecule has 4 heteroatoms. The summed E-state index contributed by atoms with van der Waals surface area (Å²) >= 11 is 0. The van der Waals surface area contributed by atoms with Crippen LogP contribution in [0.5, 0.6) is 0 Å². The summed E-state index contributed by atoms with van der Waals surface area (Å²) in [7, 11) is 2.20. The first-order chi connectivity index (χ1) is 9.08. The summed E-state index contributed by atoms with van der Waals surface area (Å²) in [6.45, 7) is 13.3. The normalized spacial score (nSPS) is 19.3. The van der Waals surface area contributed by atoms with Crippen LogP contribution in [-0.4, -0.2) is 64.1 Å². The second-order valence-corrected chi connectivity index (χ2v) is 6.05. The van der Waals surface area contributed by atoms with Crippen molar-refractivity contribution in [2.45, 2.75) is 39.7 Å². The van der Waals surface area contributed by atoms with Gasteiger partial charge in [0.05, 0.1) is 12.7 Å². The topological polar surface area (TPSA) is 33.7 Å². The van der Waals surface area contributed by atoms with Crippen molar-refractivity contribution < 1.29 is 9.47 Å². The van der Waals surface area contributed by atoms with Gasteiger partial charge in [0.15, 0.2) is 0 Å². The van der Waals surface area contributed by atoms with Crippen LogP contribution >= 0.6 is 0 Å². The highest BCUT2D eigenvalue weighted by Crippen LogP contribution is 2.30. The molecule has 0 amide bonds. The summed E-state index contributed by atoms with van der Waals surface area (Å²) < 4.78 is 11.2. The van der Waals surface area contributed by atoms with Crippen LogP contribution in [0, 0.1) is 5.41 Å². The molecule has 0 aliphatic carbocycles. The van der Waals surface area contributed by atoms with Gasteiger partial charge < -0.3 is 19.7 Å². The Kier molecular flexibility index (Phi) is 7.91. The Morgan fingerprint density at radius 3 is 2.58 bits per heavy atom. The lowest BCUT2D eigenvalue weighted by Crippen LogP contribution is -2.47. The predicted octanol–water partition coefficient (Wildman–Crippen LogP) is 1.75. The van der Waals surface area contributed by atoms with Gasteiger partial charge in [-0.05, 0) is 45.7 Å². The maximum atomic E-state index is 5.63. The minimum atomic E-state index is 0.326. The van der Waals surface area contributed by atoms with E-state index in [0.29, 0.717) is 11.5 Å². The van der Waals surface area contributed by atoms with Crippen LogP contribution in [0.2, 0.25) is 0 Å². The van der Waals surface area contributed by atoms with Crippen molar-refractivity contribution in [2.24, 2.45) is 5.41 Å². The van der Waals surface area contributed by atoms with Gasteiger partial charge in [0.1, 0.15) is 0 Å². The second-order valence-electron chi connectivity index (χ2n) is 6.05. The standard InChI is InChI=1S/C15H32N2O2/c1-5-16-12-15(6-9-18-10-7-15)13-17(4)8-11-19-14(2)3/h14,16H,5-13H2,1-4H3. The lowest BCUT2D eigenvalue weighted by molar-refractivity contribution is -0.00692. The first kappa shape index (κ1) is 16.9. The molecule has 1 aliphatic heterocycles. The molecule has 1 aliphatic rings. The Hall–Kier alpha value is -0.160. The number of nitrogens with zero attached hydrogens (tertiary/aromatic N) is 1. The summed E-state index contributed by atoms with van der Waals surface area (Å²) in [6, 6.07) is 0. The second kappa shape index (κ2) is 8.90. The van der Waals surface area contributed by atoms with E-state index in [4.69, 9.17) is 9.47 Å². The molecular weight excluding hydrogens is 240 g/mol. The molecular formula is C15H32N2O2. The zero-order valence-electron chi connectivity index (χ0n) is 13.2. The fourth-order valence-corrected chi connectivity index (χ4v) is 2.68. The molecule has 1 N–H and O–H groups in total. The Morgan fingerprint density at radius 2 is 2.00 bits per heavy atom. The molecule has 1 heterocycles. The van der Waals surface area contributed by atoms with Crippen molar-refractivity contribution in [2.75, 3.05) is 53.0 Å². The van der Waals surface area contributed by atoms with Gasteiger partial charge in [-0.1, -0.05) is 6.92 Å². The Morgan fingerprint density at radius 1 is 1.32 bits per heavy atom. The summed E-state index contributed by atoms with van der Waals surface area (Å²) in [6.07, 6.45) is 2.65. The predicted molar refractivity (Wildman–Crippen MR) is 79.6 cm³/mol. The quantitative estimate of drug-likeness (QED) is 0.693. The summed E-state index contributed by atoms with van der Waals surface area (Å²) in [5.41, 5.74) is 0.376. The average molecular weight is 272 g/mol. The lowest BCUT2D eigenvalue weighted by atomic mass is 9.79. The molecule has 1 saturated heterocycles. The monoisotopic (exact) mass is 272 g/mol. The van der Waals surface area contributed by atoms with Gasteiger partial charge in [0.2, 0.25) is 0 Å². The number of hydrogen-bond acceptors (Lipinski definition) is 4. The third-order valence-electron chi connectivity index (χ3n) is 3.83. The maximum Gasteiger partial charge on any atom is 0.0596 e. The average Bonchev–Trinajstić information content (AvgIpc) is 2.37. The molecule has 0 aromatic carbocycles. The van der Waals surface area contributed by atoms with E-state index < -0.39 is 0 Å². The molecule has 0 radical (unpaired) electrons. The zero-order valence-corrected chi connectivity index (χ0v) is 13.2. The number of likely N-dealkylation sites (N-methyl/N-ethyl adjacent to an activating group) is 1. The third kappa shape index (κ3) is 6.70. The number of hydrogen-bond donors (Lipinski definition) is 1. The zero-order chi connectivity index (χ0) is 14.1. The van der Waals surface area contributed by atoms with Crippen LogP contribution in [0.3, 0.4) is 0 Å². The van der Waals surface area contributed by atoms with Crippen LogP contribution < -0.4 is 5.32 Å². The fraction of sp³-hybridized carbons (Fsp3) is 1.00. The van der Waals surface area contributed by atoms with Gasteiger partial charge in [0, 0.05) is 32.8 Å². The SMILES string of the molecule is CCNCC1(CN(C)CCOC(C)C)CCOCC1. The molecule has 0 atom stereocenters. The van der Waals surface area contributed by atoms with Crippen molar-refractivity contribution in [1.82, 2.24) is 10.2 Å². The first-order valence-electron chi connectivity index (χ1n) is 7.66. The highest BCUT2D eigenvalue weighted by Gasteiger charge is 2.33. The van der Waals surface area contributed by atoms with Gasteiger partial charge in [-0.25, -0.2) is 0 Å². The highest BCUT2D eigenvalue weighted by atomic mass is 16.5. The molecule has 0 unspecified atom stereocenters. The minimum absolute atomic E-state index is 0.326. The smallest absolute Gasteiger partial charge is 0.0596 e. The van der Waals surface area contributed by atoms with Crippen LogP contribution in [0.1, 0.15) is 33.6 Å². The van der Waals surface area contributed by atoms with Gasteiger partial charge in [-0.15, -0.1) is 0 Å². The van der Waals surface area contributed by atoms with E-state index in [0.717, 1.165) is 58.8 Å². The minimum Gasteiger partial charge on any atom is -0.381 e. The van der Waals surface area contributed by atoms with E-state index in [-0.39, 0.29) is 0 Å². The summed E-state index contributed by atoms with van der Waals surface area (Å²) in [5, 5.41) is 3.53. The van der Waals surface area contributed by atoms with Gasteiger partial charge in [-0.2, -0.15) is 0 Å². The molecule has 19 heavy (non-hydrogen) atoms. The van der Waals surface area contributed by atoms with Crippen molar-refractivity contribution in [3.05, 3.63) is 0 Å². The van der Waals surface area contributed by atoms with Crippen LogP contribution in [0.25, 0.3) is 0 Å². The van der Waals surface area contributed by atoms with Crippen molar-refractivity contribution >= 4 is 0 Å². The van der Waals surface area contributed by atoms with Crippen LogP contribution in [0.15, 0.2) is 0 Å². The summed E-state index contributed by atoms with van der Waals surface area (Å²) in [5.74, 6) is 0. The van der Waals surface area contributed by atoms with Gasteiger partial charge >= 0.3 is 0 Å². The number of ether oxygens (including phenoxy) is 2. The molecule has 114 valence electrons. The van der Waals surface area contributed by atoms with E-state index in [1.54, 1.807) is 0 Å². The van der Waals surface area contributed by atoms with Crippen molar-refractivity contribution in [1.29, 1.82) is 0 Å². The molecule has 4 nitrogen and oxygen atoms in total. The van der Waals surface area contributed by atoms with E-state index in [9.17, 15) is 0 Å².